The number of thiazole rings is 1. The molecule has 0 aliphatic carbocycles. The zero-order chi connectivity index (χ0) is 34.7. The molecule has 4 rings (SSSR count). The van der Waals surface area contributed by atoms with Crippen molar-refractivity contribution in [2.75, 3.05) is 25.4 Å². The minimum absolute atomic E-state index is 0.0256. The normalized spacial score (nSPS) is 21.5. The number of amidine groups is 1. The summed E-state index contributed by atoms with van der Waals surface area (Å²) in [6, 6.07) is 3.16. The number of anilines is 1. The molecule has 2 aromatic rings. The van der Waals surface area contributed by atoms with Gasteiger partial charge in [-0.15, -0.1) is 0 Å². The number of hydrogen-bond acceptors (Lipinski definition) is 13. The number of nitrogens with two attached hydrogens (primary N) is 2. The van der Waals surface area contributed by atoms with Crippen molar-refractivity contribution in [1.82, 2.24) is 19.9 Å². The predicted molar refractivity (Wildman–Crippen MR) is 159 cm³/mol. The summed E-state index contributed by atoms with van der Waals surface area (Å²) in [6.07, 6.45) is -5.23. The van der Waals surface area contributed by atoms with Crippen molar-refractivity contribution in [1.29, 1.82) is 0 Å². The van der Waals surface area contributed by atoms with E-state index in [0.717, 1.165) is 26.3 Å². The Kier molecular flexibility index (Phi) is 10.6. The molecule has 0 saturated carbocycles. The van der Waals surface area contributed by atoms with E-state index in [4.69, 9.17) is 25.6 Å². The summed E-state index contributed by atoms with van der Waals surface area (Å²) in [5.41, 5.74) is 9.75. The number of benzene rings is 1. The first-order valence-corrected chi connectivity index (χ1v) is 15.9. The largest absolute Gasteiger partial charge is 0.489 e. The van der Waals surface area contributed by atoms with Crippen LogP contribution in [-0.2, 0) is 35.7 Å². The first-order chi connectivity index (χ1) is 22.0. The van der Waals surface area contributed by atoms with Gasteiger partial charge >= 0.3 is 22.4 Å². The van der Waals surface area contributed by atoms with E-state index in [-0.39, 0.29) is 27.4 Å². The van der Waals surface area contributed by atoms with E-state index in [1.165, 1.54) is 12.1 Å². The van der Waals surface area contributed by atoms with E-state index in [9.17, 15) is 41.1 Å². The van der Waals surface area contributed by atoms with Gasteiger partial charge in [-0.05, 0) is 50.6 Å². The van der Waals surface area contributed by atoms with Gasteiger partial charge in [0.1, 0.15) is 34.8 Å². The maximum Gasteiger partial charge on any atom is 0.427 e. The molecule has 1 aromatic carbocycles. The van der Waals surface area contributed by atoms with Crippen molar-refractivity contribution in [3.05, 3.63) is 40.4 Å². The molecule has 2 aliphatic rings. The summed E-state index contributed by atoms with van der Waals surface area (Å²) < 4.78 is 78.7. The highest BCUT2D eigenvalue weighted by atomic mass is 32.2. The second-order valence-corrected chi connectivity index (χ2v) is 12.6. The Balaban J connectivity index is 1.52. The summed E-state index contributed by atoms with van der Waals surface area (Å²) in [5.74, 6) is -4.05. The van der Waals surface area contributed by atoms with Gasteiger partial charge in [0.15, 0.2) is 10.8 Å². The molecule has 8 N–H and O–H groups in total. The van der Waals surface area contributed by atoms with Crippen molar-refractivity contribution in [3.8, 4) is 5.75 Å². The quantitative estimate of drug-likeness (QED) is 0.0558. The Morgan fingerprint density at radius 3 is 2.53 bits per heavy atom. The van der Waals surface area contributed by atoms with Crippen LogP contribution in [0.1, 0.15) is 35.9 Å². The zero-order valence-corrected chi connectivity index (χ0v) is 25.9. The molecule has 0 unspecified atom stereocenters. The molecule has 0 radical (unpaired) electrons. The molecule has 47 heavy (non-hydrogen) atoms. The Morgan fingerprint density at radius 1 is 1.30 bits per heavy atom. The van der Waals surface area contributed by atoms with Crippen molar-refractivity contribution in [2.24, 2.45) is 15.9 Å². The summed E-state index contributed by atoms with van der Waals surface area (Å²) in [6.45, 7) is 1.99. The summed E-state index contributed by atoms with van der Waals surface area (Å²) >= 11 is -0.0525. The molecule has 17 nitrogen and oxygen atoms in total. The fourth-order valence-electron chi connectivity index (χ4n) is 4.57. The lowest BCUT2D eigenvalue weighted by molar-refractivity contribution is -0.152. The average Bonchev–Trinajstić information content (AvgIpc) is 3.39. The lowest BCUT2D eigenvalue weighted by Crippen LogP contribution is -2.71. The number of carbonyl (C=O) groups excluding carboxylic acids is 2. The monoisotopic (exact) mass is 706 g/mol. The topological polar surface area (TPSA) is 261 Å². The van der Waals surface area contributed by atoms with E-state index < -0.39 is 80.5 Å². The number of aromatic nitrogens is 1. The standard InChI is InChI=1S/C25H29F3N8O9S2/c1-11-16(22(38)36(11)47(41,42)43)33-21(37)18(17-19(25(26,27)28)46-24(30)34-17)35-45-15(23(39)40)10-44-14-6-4-12(5-7-14)20(29)32-13-3-2-8-31-9-13/h4-7,11,13,15-16,31H,2-3,8-10H2,1H3,(H2,29,32)(H2,30,34)(H,33,37)(H,39,40)(H,41,42,43)/b35-18-/t11-,13+,15+,16+/m1/s1. The predicted octanol–water partition coefficient (Wildman–Crippen LogP) is -0.0274. The van der Waals surface area contributed by atoms with Crippen LogP contribution >= 0.6 is 11.3 Å². The number of ether oxygens (including phenoxy) is 1. The average molecular weight is 707 g/mol. The van der Waals surface area contributed by atoms with E-state index in [0.29, 0.717) is 17.9 Å². The fraction of sp³-hybridized carbons (Fsp3) is 0.440. The lowest BCUT2D eigenvalue weighted by Gasteiger charge is -2.42. The molecular weight excluding hydrogens is 677 g/mol. The maximum atomic E-state index is 13.8. The zero-order valence-electron chi connectivity index (χ0n) is 24.3. The number of nitrogens with one attached hydrogen (secondary N) is 2. The molecule has 1 aromatic heterocycles. The SMILES string of the molecule is C[C@@H]1[C@H](NC(=O)/C(=N\O[C@@H](COc2ccc(C(N)=N[C@H]3CCCNC3)cc2)C(=O)O)c2nc(N)sc2C(F)(F)F)C(=O)N1S(=O)(=O)O. The van der Waals surface area contributed by atoms with Crippen LogP contribution in [0, 0.1) is 0 Å². The van der Waals surface area contributed by atoms with Crippen molar-refractivity contribution in [2.45, 2.75) is 50.2 Å². The smallest absolute Gasteiger partial charge is 0.427 e. The Bertz CT molecular complexity index is 1680. The summed E-state index contributed by atoms with van der Waals surface area (Å²) in [4.78, 5) is 48.7. The Hall–Kier alpha value is -4.54. The highest BCUT2D eigenvalue weighted by molar-refractivity contribution is 7.84. The van der Waals surface area contributed by atoms with Gasteiger partial charge < -0.3 is 36.8 Å². The third-order valence-corrected chi connectivity index (χ3v) is 8.84. The highest BCUT2D eigenvalue weighted by Gasteiger charge is 2.52. The number of hydrogen-bond donors (Lipinski definition) is 6. The van der Waals surface area contributed by atoms with Crippen LogP contribution in [-0.4, -0.2) is 101 Å². The summed E-state index contributed by atoms with van der Waals surface area (Å²) in [7, 11) is -4.99. The molecule has 4 atom stereocenters. The number of β-lactam (4-membered cyclic amide) rings is 1. The van der Waals surface area contributed by atoms with Crippen LogP contribution in [0.5, 0.6) is 5.75 Å². The van der Waals surface area contributed by atoms with E-state index in [1.807, 2.05) is 5.32 Å². The number of halogens is 3. The number of carboxylic acid groups (broad SMARTS) is 1. The molecule has 0 bridgehead atoms. The van der Waals surface area contributed by atoms with Gasteiger partial charge in [0.2, 0.25) is 0 Å². The third-order valence-electron chi connectivity index (χ3n) is 6.90. The van der Waals surface area contributed by atoms with Gasteiger partial charge in [-0.2, -0.15) is 21.6 Å². The van der Waals surface area contributed by atoms with E-state index in [2.05, 4.69) is 20.4 Å². The molecule has 22 heteroatoms. The van der Waals surface area contributed by atoms with Crippen molar-refractivity contribution < 1.29 is 55.2 Å². The van der Waals surface area contributed by atoms with Crippen molar-refractivity contribution >= 4 is 56.1 Å². The fourth-order valence-corrected chi connectivity index (χ4v) is 6.15. The van der Waals surface area contributed by atoms with Crippen LogP contribution in [0.2, 0.25) is 0 Å². The number of carboxylic acids is 1. The van der Waals surface area contributed by atoms with Gasteiger partial charge in [-0.3, -0.25) is 19.1 Å². The first kappa shape index (κ1) is 35.3. The number of nitrogen functional groups attached to an aromatic ring is 1. The van der Waals surface area contributed by atoms with Gasteiger partial charge in [0.25, 0.3) is 17.9 Å². The molecule has 2 fully saturated rings. The van der Waals surface area contributed by atoms with Gasteiger partial charge in [-0.25, -0.2) is 14.1 Å². The number of amides is 2. The van der Waals surface area contributed by atoms with Gasteiger partial charge in [-0.1, -0.05) is 16.5 Å². The molecular formula is C25H29F3N8O9S2. The van der Waals surface area contributed by atoms with E-state index >= 15 is 0 Å². The van der Waals surface area contributed by atoms with Crippen LogP contribution in [0.4, 0.5) is 18.3 Å². The number of rotatable bonds is 12. The van der Waals surface area contributed by atoms with E-state index in [1.54, 1.807) is 12.1 Å². The third kappa shape index (κ3) is 8.44. The van der Waals surface area contributed by atoms with Crippen LogP contribution in [0.3, 0.4) is 0 Å². The minimum atomic E-state index is -5.10. The van der Waals surface area contributed by atoms with Crippen LogP contribution < -0.4 is 26.8 Å². The molecule has 256 valence electrons. The van der Waals surface area contributed by atoms with Gasteiger partial charge in [0.05, 0.1) is 12.1 Å². The molecule has 2 amide bonds. The lowest BCUT2D eigenvalue weighted by atomic mass is 10.0. The second-order valence-electron chi connectivity index (χ2n) is 10.3. The number of piperidine rings is 1. The molecule has 3 heterocycles. The van der Waals surface area contributed by atoms with Gasteiger partial charge in [0, 0.05) is 12.1 Å². The van der Waals surface area contributed by atoms with Crippen molar-refractivity contribution in [3.63, 3.8) is 0 Å². The number of nitrogens with zero attached hydrogens (tertiary/aromatic N) is 4. The number of aliphatic carboxylic acids is 1. The summed E-state index contributed by atoms with van der Waals surface area (Å²) in [5, 5.41) is 17.6. The second kappa shape index (κ2) is 14.1. The van der Waals surface area contributed by atoms with Crippen LogP contribution in [0.15, 0.2) is 34.4 Å². The van der Waals surface area contributed by atoms with Crippen LogP contribution in [0.25, 0.3) is 0 Å². The minimum Gasteiger partial charge on any atom is -0.489 e. The highest BCUT2D eigenvalue weighted by Crippen LogP contribution is 2.38. The number of oxime groups is 1. The Morgan fingerprint density at radius 2 is 1.98 bits per heavy atom. The maximum absolute atomic E-state index is 13.8. The number of aliphatic imine (C=N–C) groups is 1. The number of carbonyl (C=O) groups is 3. The molecule has 0 spiro atoms. The number of alkyl halides is 3. The molecule has 2 saturated heterocycles. The first-order valence-electron chi connectivity index (χ1n) is 13.7. The molecule has 2 aliphatic heterocycles. The Labute approximate surface area is 268 Å².